The van der Waals surface area contributed by atoms with Gasteiger partial charge in [-0.05, 0) is 31.2 Å². The summed E-state index contributed by atoms with van der Waals surface area (Å²) in [7, 11) is 0. The fraction of sp³-hybridized carbons (Fsp3) is 0.0526. The number of primary amides is 1. The summed E-state index contributed by atoms with van der Waals surface area (Å²) in [5.74, 6) is -0.279. The van der Waals surface area contributed by atoms with E-state index in [0.29, 0.717) is 11.1 Å². The minimum Gasteiger partial charge on any atom is -0.508 e. The molecule has 0 atom stereocenters. The van der Waals surface area contributed by atoms with E-state index in [1.807, 2.05) is 41.8 Å². The molecule has 0 spiro atoms. The Morgan fingerprint density at radius 1 is 1.20 bits per heavy atom. The molecule has 25 heavy (non-hydrogen) atoms. The average molecular weight is 332 g/mol. The van der Waals surface area contributed by atoms with Crippen molar-refractivity contribution in [3.05, 3.63) is 66.1 Å². The summed E-state index contributed by atoms with van der Waals surface area (Å²) in [4.78, 5) is 19.1. The average Bonchev–Trinajstić information content (AvgIpc) is 3.18. The van der Waals surface area contributed by atoms with Crippen molar-refractivity contribution in [2.75, 3.05) is 0 Å². The number of fused-ring (bicyclic) bond motifs is 1. The van der Waals surface area contributed by atoms with Crippen molar-refractivity contribution >= 4 is 16.9 Å². The van der Waals surface area contributed by atoms with E-state index in [1.54, 1.807) is 24.5 Å². The molecule has 2 heterocycles. The van der Waals surface area contributed by atoms with E-state index < -0.39 is 5.91 Å². The van der Waals surface area contributed by atoms with Gasteiger partial charge < -0.3 is 15.8 Å². The first-order valence-electron chi connectivity index (χ1n) is 7.80. The van der Waals surface area contributed by atoms with Crippen molar-refractivity contribution < 1.29 is 9.90 Å². The number of phenolic OH excluding ortho intramolecular Hbond substituents is 1. The number of aromatic amines is 1. The highest BCUT2D eigenvalue weighted by molar-refractivity contribution is 5.96. The number of hydrogen-bond donors (Lipinski definition) is 3. The molecule has 0 saturated heterocycles. The lowest BCUT2D eigenvalue weighted by Gasteiger charge is -2.10. The highest BCUT2D eigenvalue weighted by Gasteiger charge is 2.15. The lowest BCUT2D eigenvalue weighted by atomic mass is 10.1. The maximum atomic E-state index is 11.6. The Balaban J connectivity index is 1.92. The highest BCUT2D eigenvalue weighted by atomic mass is 16.3. The number of nitrogens with two attached hydrogens (primary N) is 1. The van der Waals surface area contributed by atoms with Crippen molar-refractivity contribution in [1.82, 2.24) is 14.5 Å². The third-order valence-electron chi connectivity index (χ3n) is 4.26. The van der Waals surface area contributed by atoms with Crippen LogP contribution in [0.5, 0.6) is 5.75 Å². The zero-order valence-electron chi connectivity index (χ0n) is 13.5. The molecule has 0 unspecified atom stereocenters. The molecule has 1 amide bonds. The van der Waals surface area contributed by atoms with E-state index in [0.717, 1.165) is 28.2 Å². The quantitative estimate of drug-likeness (QED) is 0.537. The minimum absolute atomic E-state index is 0.178. The van der Waals surface area contributed by atoms with Gasteiger partial charge in [0.25, 0.3) is 5.91 Å². The number of aromatic nitrogens is 3. The topological polar surface area (TPSA) is 96.9 Å². The summed E-state index contributed by atoms with van der Waals surface area (Å²) in [5.41, 5.74) is 10.9. The predicted molar refractivity (Wildman–Crippen MR) is 95.8 cm³/mol. The van der Waals surface area contributed by atoms with Crippen molar-refractivity contribution in [3.63, 3.8) is 0 Å². The maximum absolute atomic E-state index is 11.6. The van der Waals surface area contributed by atoms with Crippen LogP contribution >= 0.6 is 0 Å². The number of hydrogen-bond acceptors (Lipinski definition) is 3. The van der Waals surface area contributed by atoms with E-state index in [2.05, 4.69) is 9.97 Å². The number of imidazole rings is 1. The highest BCUT2D eigenvalue weighted by Crippen LogP contribution is 2.30. The Labute approximate surface area is 143 Å². The number of carbonyl (C=O) groups excluding carboxylic acids is 1. The lowest BCUT2D eigenvalue weighted by molar-refractivity contribution is 0.1000. The third-order valence-corrected chi connectivity index (χ3v) is 4.26. The summed E-state index contributed by atoms with van der Waals surface area (Å²) < 4.78 is 1.95. The number of aromatic hydroxyl groups is 1. The monoisotopic (exact) mass is 332 g/mol. The number of nitrogens with zero attached hydrogens (tertiary/aromatic N) is 2. The number of aryl methyl sites for hydroxylation is 1. The second-order valence-electron chi connectivity index (χ2n) is 5.89. The Morgan fingerprint density at radius 3 is 2.76 bits per heavy atom. The summed E-state index contributed by atoms with van der Waals surface area (Å²) in [6.07, 6.45) is 1.72. The molecule has 0 aliphatic rings. The molecule has 0 aliphatic carbocycles. The van der Waals surface area contributed by atoms with Gasteiger partial charge in [-0.1, -0.05) is 18.2 Å². The Kier molecular flexibility index (Phi) is 3.32. The van der Waals surface area contributed by atoms with E-state index >= 15 is 0 Å². The zero-order valence-corrected chi connectivity index (χ0v) is 13.5. The van der Waals surface area contributed by atoms with E-state index in [-0.39, 0.29) is 5.75 Å². The van der Waals surface area contributed by atoms with Crippen molar-refractivity contribution in [2.24, 2.45) is 5.73 Å². The Hall–Kier alpha value is -3.54. The van der Waals surface area contributed by atoms with Crippen LogP contribution in [0.1, 0.15) is 16.1 Å². The van der Waals surface area contributed by atoms with Gasteiger partial charge in [0.15, 0.2) is 0 Å². The largest absolute Gasteiger partial charge is 0.508 e. The molecule has 0 bridgehead atoms. The number of para-hydroxylation sites is 1. The van der Waals surface area contributed by atoms with Gasteiger partial charge in [-0.25, -0.2) is 4.98 Å². The van der Waals surface area contributed by atoms with Crippen LogP contribution in [0.25, 0.3) is 28.0 Å². The predicted octanol–water partition coefficient (Wildman–Crippen LogP) is 3.13. The minimum atomic E-state index is -0.457. The SMILES string of the molecule is Cc1[nH]c(-c2ccccc2-n2cnc3cc(O)ccc32)cc1C(N)=O. The number of carbonyl (C=O) groups is 1. The molecular weight excluding hydrogens is 316 g/mol. The molecule has 0 saturated carbocycles. The third kappa shape index (κ3) is 2.44. The van der Waals surface area contributed by atoms with Gasteiger partial charge in [0.05, 0.1) is 22.3 Å². The van der Waals surface area contributed by atoms with Crippen LogP contribution in [0.3, 0.4) is 0 Å². The number of amides is 1. The fourth-order valence-electron chi connectivity index (χ4n) is 3.06. The molecular formula is C19H16N4O2. The summed E-state index contributed by atoms with van der Waals surface area (Å²) >= 11 is 0. The van der Waals surface area contributed by atoms with Crippen LogP contribution < -0.4 is 5.73 Å². The molecule has 4 N–H and O–H groups in total. The standard InChI is InChI=1S/C19H16N4O2/c1-11-14(19(20)25)9-15(22-11)13-4-2-3-5-17(13)23-10-21-16-8-12(24)6-7-18(16)23/h2-10,22,24H,1H3,(H2,20,25). The molecule has 0 radical (unpaired) electrons. The van der Waals surface area contributed by atoms with Crippen molar-refractivity contribution in [3.8, 4) is 22.7 Å². The molecule has 0 fully saturated rings. The van der Waals surface area contributed by atoms with Gasteiger partial charge in [0.2, 0.25) is 0 Å². The molecule has 4 aromatic rings. The van der Waals surface area contributed by atoms with Crippen LogP contribution in [0.2, 0.25) is 0 Å². The zero-order chi connectivity index (χ0) is 17.6. The number of rotatable bonds is 3. The number of phenols is 1. The Bertz CT molecular complexity index is 1110. The second-order valence-corrected chi connectivity index (χ2v) is 5.89. The number of nitrogens with one attached hydrogen (secondary N) is 1. The molecule has 6 nitrogen and oxygen atoms in total. The van der Waals surface area contributed by atoms with Gasteiger partial charge in [-0.15, -0.1) is 0 Å². The molecule has 2 aromatic heterocycles. The van der Waals surface area contributed by atoms with Crippen molar-refractivity contribution in [1.29, 1.82) is 0 Å². The van der Waals surface area contributed by atoms with Crippen LogP contribution in [-0.2, 0) is 0 Å². The first kappa shape index (κ1) is 15.0. The maximum Gasteiger partial charge on any atom is 0.250 e. The van der Waals surface area contributed by atoms with Gasteiger partial charge >= 0.3 is 0 Å². The molecule has 2 aromatic carbocycles. The summed E-state index contributed by atoms with van der Waals surface area (Å²) in [6, 6.07) is 14.7. The number of H-pyrrole nitrogens is 1. The molecule has 6 heteroatoms. The summed E-state index contributed by atoms with van der Waals surface area (Å²) in [6.45, 7) is 1.82. The first-order valence-corrected chi connectivity index (χ1v) is 7.80. The smallest absolute Gasteiger partial charge is 0.250 e. The molecule has 124 valence electrons. The van der Waals surface area contributed by atoms with E-state index in [4.69, 9.17) is 5.73 Å². The molecule has 0 aliphatic heterocycles. The summed E-state index contributed by atoms with van der Waals surface area (Å²) in [5, 5.41) is 9.63. The van der Waals surface area contributed by atoms with Crippen LogP contribution in [-0.4, -0.2) is 25.5 Å². The second kappa shape index (κ2) is 5.52. The van der Waals surface area contributed by atoms with Gasteiger partial charge in [0.1, 0.15) is 12.1 Å². The first-order chi connectivity index (χ1) is 12.0. The van der Waals surface area contributed by atoms with E-state index in [1.165, 1.54) is 0 Å². The van der Waals surface area contributed by atoms with Crippen molar-refractivity contribution in [2.45, 2.75) is 6.92 Å². The van der Waals surface area contributed by atoms with Gasteiger partial charge in [-0.3, -0.25) is 9.36 Å². The van der Waals surface area contributed by atoms with Crippen LogP contribution in [0.4, 0.5) is 0 Å². The van der Waals surface area contributed by atoms with Crippen LogP contribution in [0, 0.1) is 6.92 Å². The fourth-order valence-corrected chi connectivity index (χ4v) is 3.06. The lowest BCUT2D eigenvalue weighted by Crippen LogP contribution is -2.10. The Morgan fingerprint density at radius 2 is 2.00 bits per heavy atom. The number of benzene rings is 2. The molecule has 4 rings (SSSR count). The van der Waals surface area contributed by atoms with Gasteiger partial charge in [-0.2, -0.15) is 0 Å². The normalized spacial score (nSPS) is 11.1. The van der Waals surface area contributed by atoms with E-state index in [9.17, 15) is 9.90 Å². The van der Waals surface area contributed by atoms with Gasteiger partial charge in [0, 0.05) is 23.0 Å². The van der Waals surface area contributed by atoms with Crippen LogP contribution in [0.15, 0.2) is 54.9 Å².